The van der Waals surface area contributed by atoms with Crippen LogP contribution in [0.1, 0.15) is 18.3 Å². The van der Waals surface area contributed by atoms with Gasteiger partial charge in [0.25, 0.3) is 5.56 Å². The quantitative estimate of drug-likeness (QED) is 0.582. The van der Waals surface area contributed by atoms with Crippen LogP contribution in [0.2, 0.25) is 0 Å². The van der Waals surface area contributed by atoms with Crippen LogP contribution in [0.25, 0.3) is 36.5 Å². The van der Waals surface area contributed by atoms with Crippen molar-refractivity contribution < 1.29 is 0 Å². The van der Waals surface area contributed by atoms with Gasteiger partial charge in [0.2, 0.25) is 0 Å². The molecule has 4 heteroatoms. The molecular formula is C24H21N3O. The average Bonchev–Trinajstić information content (AvgIpc) is 3.05. The molecule has 2 aromatic rings. The van der Waals surface area contributed by atoms with E-state index in [1.54, 1.807) is 55.5 Å². The molecule has 2 rings (SSSR count). The molecule has 0 amide bonds. The van der Waals surface area contributed by atoms with Crippen LogP contribution in [0.3, 0.4) is 0 Å². The van der Waals surface area contributed by atoms with Crippen LogP contribution in [-0.4, -0.2) is 9.38 Å². The molecule has 0 aliphatic carbocycles. The number of nitrogens with zero attached hydrogens (tertiary/aromatic N) is 3. The summed E-state index contributed by atoms with van der Waals surface area (Å²) in [5.74, 6) is 0. The van der Waals surface area contributed by atoms with E-state index in [4.69, 9.17) is 5.26 Å². The van der Waals surface area contributed by atoms with Crippen LogP contribution in [0, 0.1) is 11.3 Å². The van der Waals surface area contributed by atoms with Crippen molar-refractivity contribution in [2.24, 2.45) is 0 Å². The van der Waals surface area contributed by atoms with Gasteiger partial charge in [-0.3, -0.25) is 9.20 Å². The van der Waals surface area contributed by atoms with Crippen molar-refractivity contribution >= 4 is 36.5 Å². The monoisotopic (exact) mass is 367 g/mol. The SMILES string of the molecule is C=C/C=c1\c(=C)/c(=C\C=C/C(=C)C=C)c(=O)n2c(/C=C(\C)C#N)c(C=C)nc12. The molecule has 0 atom stereocenters. The molecule has 0 aliphatic rings. The minimum absolute atomic E-state index is 0.285. The molecular weight excluding hydrogens is 346 g/mol. The lowest BCUT2D eigenvalue weighted by molar-refractivity contribution is 1.06. The Morgan fingerprint density at radius 2 is 1.93 bits per heavy atom. The maximum atomic E-state index is 13.3. The summed E-state index contributed by atoms with van der Waals surface area (Å²) in [7, 11) is 0. The Morgan fingerprint density at radius 3 is 2.50 bits per heavy atom. The Bertz CT molecular complexity index is 1330. The molecule has 0 aliphatic heterocycles. The van der Waals surface area contributed by atoms with Gasteiger partial charge in [0, 0.05) is 16.0 Å². The maximum absolute atomic E-state index is 13.3. The van der Waals surface area contributed by atoms with E-state index in [1.807, 2.05) is 0 Å². The van der Waals surface area contributed by atoms with Crippen LogP contribution in [0.5, 0.6) is 0 Å². The highest BCUT2D eigenvalue weighted by Gasteiger charge is 2.13. The Labute approximate surface area is 163 Å². The van der Waals surface area contributed by atoms with Crippen LogP contribution in [-0.2, 0) is 0 Å². The second-order valence-electron chi connectivity index (χ2n) is 6.00. The Kier molecular flexibility index (Phi) is 6.26. The zero-order valence-corrected chi connectivity index (χ0v) is 15.9. The van der Waals surface area contributed by atoms with Crippen LogP contribution >= 0.6 is 0 Å². The van der Waals surface area contributed by atoms with Crippen molar-refractivity contribution in [2.45, 2.75) is 6.92 Å². The predicted molar refractivity (Wildman–Crippen MR) is 118 cm³/mol. The predicted octanol–water partition coefficient (Wildman–Crippen LogP) is 2.44. The van der Waals surface area contributed by atoms with Gasteiger partial charge in [-0.15, -0.1) is 0 Å². The Balaban J connectivity index is 3.13. The fourth-order valence-corrected chi connectivity index (χ4v) is 2.69. The van der Waals surface area contributed by atoms with Crippen molar-refractivity contribution in [2.75, 3.05) is 0 Å². The summed E-state index contributed by atoms with van der Waals surface area (Å²) in [5.41, 5.74) is 2.34. The average molecular weight is 367 g/mol. The van der Waals surface area contributed by atoms with Crippen molar-refractivity contribution in [1.29, 1.82) is 5.26 Å². The molecule has 0 radical (unpaired) electrons. The van der Waals surface area contributed by atoms with Crippen molar-refractivity contribution in [3.05, 3.63) is 99.2 Å². The summed E-state index contributed by atoms with van der Waals surface area (Å²) in [6.07, 6.45) is 13.3. The van der Waals surface area contributed by atoms with Crippen LogP contribution in [0.4, 0.5) is 0 Å². The maximum Gasteiger partial charge on any atom is 0.264 e. The molecule has 0 saturated heterocycles. The molecule has 0 bridgehead atoms. The van der Waals surface area contributed by atoms with E-state index < -0.39 is 0 Å². The summed E-state index contributed by atoms with van der Waals surface area (Å²) in [5, 5.41) is 10.8. The molecule has 0 N–H and O–H groups in total. The van der Waals surface area contributed by atoms with E-state index in [0.29, 0.717) is 38.3 Å². The standard InChI is InChI=1S/C24H21N3O/c1-7-11-19-18(6)20(13-10-12-16(4)8-2)24(28)27-22(14-17(5)15-25)21(9-3)26-23(19)27/h7-14H,1-4,6H2,5H3/b12-10-,17-14+,19-11+,20-13+. The first-order valence-electron chi connectivity index (χ1n) is 8.50. The third-order valence-electron chi connectivity index (χ3n) is 4.11. The second kappa shape index (κ2) is 8.61. The number of rotatable bonds is 6. The first kappa shape index (κ1) is 20.3. The van der Waals surface area contributed by atoms with E-state index in [2.05, 4.69) is 43.9 Å². The molecule has 0 unspecified atom stereocenters. The minimum atomic E-state index is -0.285. The number of pyridine rings is 1. The van der Waals surface area contributed by atoms with Gasteiger partial charge in [-0.25, -0.2) is 4.98 Å². The highest BCUT2D eigenvalue weighted by molar-refractivity contribution is 5.68. The van der Waals surface area contributed by atoms with E-state index in [9.17, 15) is 4.79 Å². The largest absolute Gasteiger partial charge is 0.268 e. The molecule has 2 aromatic heterocycles. The summed E-state index contributed by atoms with van der Waals surface area (Å²) < 4.78 is 1.48. The first-order chi connectivity index (χ1) is 13.4. The number of hydrogen-bond donors (Lipinski definition) is 0. The molecule has 2 heterocycles. The van der Waals surface area contributed by atoms with Crippen LogP contribution < -0.4 is 21.2 Å². The smallest absolute Gasteiger partial charge is 0.264 e. The van der Waals surface area contributed by atoms with Gasteiger partial charge >= 0.3 is 0 Å². The Morgan fingerprint density at radius 1 is 1.21 bits per heavy atom. The van der Waals surface area contributed by atoms with Gasteiger partial charge in [-0.2, -0.15) is 5.26 Å². The van der Waals surface area contributed by atoms with E-state index in [-0.39, 0.29) is 5.56 Å². The van der Waals surface area contributed by atoms with E-state index in [0.717, 1.165) is 5.57 Å². The van der Waals surface area contributed by atoms with Crippen molar-refractivity contribution in [1.82, 2.24) is 9.38 Å². The van der Waals surface area contributed by atoms with Gasteiger partial charge < -0.3 is 0 Å². The zero-order chi connectivity index (χ0) is 20.8. The number of imidazole rings is 1. The fourth-order valence-electron chi connectivity index (χ4n) is 2.69. The van der Waals surface area contributed by atoms with Gasteiger partial charge in [0.15, 0.2) is 0 Å². The van der Waals surface area contributed by atoms with Crippen molar-refractivity contribution in [3.63, 3.8) is 0 Å². The molecule has 28 heavy (non-hydrogen) atoms. The topological polar surface area (TPSA) is 58.2 Å². The fraction of sp³-hybridized carbons (Fsp3) is 0.0417. The lowest BCUT2D eigenvalue weighted by Crippen LogP contribution is -2.50. The zero-order valence-electron chi connectivity index (χ0n) is 15.9. The molecule has 138 valence electrons. The number of fused-ring (bicyclic) bond motifs is 1. The first-order valence-corrected chi connectivity index (χ1v) is 8.50. The van der Waals surface area contributed by atoms with E-state index in [1.165, 1.54) is 4.40 Å². The lowest BCUT2D eigenvalue weighted by Gasteiger charge is -2.00. The van der Waals surface area contributed by atoms with Gasteiger partial charge in [0.1, 0.15) is 5.65 Å². The highest BCUT2D eigenvalue weighted by Crippen LogP contribution is 2.13. The molecule has 0 spiro atoms. The van der Waals surface area contributed by atoms with Crippen LogP contribution in [0.15, 0.2) is 66.6 Å². The summed E-state index contributed by atoms with van der Waals surface area (Å²) in [4.78, 5) is 17.8. The summed E-state index contributed by atoms with van der Waals surface area (Å²) >= 11 is 0. The number of nitriles is 1. The normalized spacial score (nSPS) is 13.1. The minimum Gasteiger partial charge on any atom is -0.268 e. The van der Waals surface area contributed by atoms with Gasteiger partial charge in [-0.05, 0) is 35.9 Å². The van der Waals surface area contributed by atoms with E-state index >= 15 is 0 Å². The molecule has 0 fully saturated rings. The van der Waals surface area contributed by atoms with Crippen molar-refractivity contribution in [3.8, 4) is 6.07 Å². The number of allylic oxidation sites excluding steroid dienone is 6. The summed E-state index contributed by atoms with van der Waals surface area (Å²) in [6.45, 7) is 20.7. The highest BCUT2D eigenvalue weighted by atomic mass is 16.1. The molecule has 4 nitrogen and oxygen atoms in total. The van der Waals surface area contributed by atoms with Gasteiger partial charge in [-0.1, -0.05) is 63.3 Å². The lowest BCUT2D eigenvalue weighted by atomic mass is 10.2. The van der Waals surface area contributed by atoms with Gasteiger partial charge in [0.05, 0.1) is 17.5 Å². The number of aromatic nitrogens is 2. The Hall–Kier alpha value is -3.97. The number of hydrogen-bond acceptors (Lipinski definition) is 3. The molecule has 0 saturated carbocycles. The second-order valence-corrected chi connectivity index (χ2v) is 6.00. The summed E-state index contributed by atoms with van der Waals surface area (Å²) in [6, 6.07) is 2.07. The third kappa shape index (κ3) is 3.74. The third-order valence-corrected chi connectivity index (χ3v) is 4.11. The molecule has 0 aromatic carbocycles.